The molecule has 1 aromatic rings. The normalized spacial score (nSPS) is 16.8. The Morgan fingerprint density at radius 3 is 2.78 bits per heavy atom. The number of amides is 1. The molecule has 1 amide bonds. The number of ether oxygens (including phenoxy) is 3. The lowest BCUT2D eigenvalue weighted by molar-refractivity contribution is 0.0973. The number of thiocarbonyl (C=S) groups is 1. The van der Waals surface area contributed by atoms with Crippen molar-refractivity contribution in [3.63, 3.8) is 0 Å². The molecule has 1 heterocycles. The number of methoxy groups -OCH3 is 1. The number of carbonyl (C=O) groups excluding carboxylic acids is 1. The number of hydrogen-bond acceptors (Lipinski definition) is 5. The molecule has 0 spiro atoms. The maximum Gasteiger partial charge on any atom is 0.257 e. The van der Waals surface area contributed by atoms with Crippen molar-refractivity contribution in [3.8, 4) is 5.75 Å². The highest BCUT2D eigenvalue weighted by molar-refractivity contribution is 7.80. The maximum absolute atomic E-state index is 12.1. The smallest absolute Gasteiger partial charge is 0.257 e. The van der Waals surface area contributed by atoms with Gasteiger partial charge in [-0.25, -0.2) is 0 Å². The fourth-order valence-corrected chi connectivity index (χ4v) is 2.35. The second-order valence-corrected chi connectivity index (χ2v) is 5.57. The van der Waals surface area contributed by atoms with Crippen molar-refractivity contribution in [2.24, 2.45) is 0 Å². The Labute approximate surface area is 141 Å². The molecule has 1 aromatic carbocycles. The van der Waals surface area contributed by atoms with E-state index in [2.05, 4.69) is 10.6 Å². The first-order valence-electron chi connectivity index (χ1n) is 7.61. The molecule has 0 bridgehead atoms. The van der Waals surface area contributed by atoms with Crippen LogP contribution in [0.5, 0.6) is 5.75 Å². The van der Waals surface area contributed by atoms with Gasteiger partial charge in [0.15, 0.2) is 5.11 Å². The third-order valence-electron chi connectivity index (χ3n) is 3.41. The molecule has 1 saturated heterocycles. The fourth-order valence-electron chi connectivity index (χ4n) is 2.18. The molecule has 1 fully saturated rings. The van der Waals surface area contributed by atoms with Gasteiger partial charge in [0.1, 0.15) is 12.4 Å². The van der Waals surface area contributed by atoms with E-state index in [-0.39, 0.29) is 12.0 Å². The van der Waals surface area contributed by atoms with Crippen LogP contribution in [-0.4, -0.2) is 50.6 Å². The van der Waals surface area contributed by atoms with Crippen LogP contribution >= 0.6 is 12.2 Å². The number of benzene rings is 1. The van der Waals surface area contributed by atoms with E-state index < -0.39 is 0 Å². The van der Waals surface area contributed by atoms with E-state index in [0.717, 1.165) is 19.4 Å². The van der Waals surface area contributed by atoms with Gasteiger partial charge in [0.2, 0.25) is 0 Å². The van der Waals surface area contributed by atoms with Gasteiger partial charge in [0, 0.05) is 25.8 Å². The molecular weight excluding hydrogens is 316 g/mol. The van der Waals surface area contributed by atoms with Crippen molar-refractivity contribution < 1.29 is 19.0 Å². The van der Waals surface area contributed by atoms with Crippen LogP contribution in [0.4, 0.5) is 0 Å². The number of hydrogen-bond donors (Lipinski definition) is 2. The zero-order valence-electron chi connectivity index (χ0n) is 13.2. The highest BCUT2D eigenvalue weighted by Crippen LogP contribution is 2.12. The second-order valence-electron chi connectivity index (χ2n) is 5.16. The summed E-state index contributed by atoms with van der Waals surface area (Å²) in [6, 6.07) is 6.88. The lowest BCUT2D eigenvalue weighted by Gasteiger charge is -2.13. The summed E-state index contributed by atoms with van der Waals surface area (Å²) < 4.78 is 15.8. The summed E-state index contributed by atoms with van der Waals surface area (Å²) in [5.74, 6) is 0.441. The molecule has 7 heteroatoms. The molecule has 0 aliphatic carbocycles. The van der Waals surface area contributed by atoms with E-state index in [1.807, 2.05) is 0 Å². The summed E-state index contributed by atoms with van der Waals surface area (Å²) >= 11 is 5.12. The monoisotopic (exact) mass is 338 g/mol. The van der Waals surface area contributed by atoms with Crippen molar-refractivity contribution in [1.29, 1.82) is 0 Å². The van der Waals surface area contributed by atoms with E-state index in [1.54, 1.807) is 31.4 Å². The van der Waals surface area contributed by atoms with Gasteiger partial charge < -0.3 is 19.5 Å². The Hall–Kier alpha value is -1.70. The first kappa shape index (κ1) is 17.7. The minimum Gasteiger partial charge on any atom is -0.491 e. The molecule has 2 N–H and O–H groups in total. The van der Waals surface area contributed by atoms with Crippen LogP contribution < -0.4 is 15.4 Å². The average molecular weight is 338 g/mol. The summed E-state index contributed by atoms with van der Waals surface area (Å²) in [5, 5.41) is 5.97. The average Bonchev–Trinajstić information content (AvgIpc) is 3.07. The molecule has 1 atom stereocenters. The predicted octanol–water partition coefficient (Wildman–Crippen LogP) is 1.50. The van der Waals surface area contributed by atoms with Crippen LogP contribution in [0.1, 0.15) is 23.2 Å². The van der Waals surface area contributed by atoms with E-state index in [4.69, 9.17) is 26.4 Å². The van der Waals surface area contributed by atoms with Gasteiger partial charge in [-0.15, -0.1) is 0 Å². The molecule has 1 unspecified atom stereocenters. The Morgan fingerprint density at radius 1 is 1.35 bits per heavy atom. The quantitative estimate of drug-likeness (QED) is 0.580. The van der Waals surface area contributed by atoms with E-state index in [0.29, 0.717) is 36.2 Å². The van der Waals surface area contributed by atoms with Gasteiger partial charge in [0.05, 0.1) is 12.7 Å². The molecule has 23 heavy (non-hydrogen) atoms. The lowest BCUT2D eigenvalue weighted by Crippen LogP contribution is -2.42. The van der Waals surface area contributed by atoms with Crippen molar-refractivity contribution in [1.82, 2.24) is 10.6 Å². The minimum absolute atomic E-state index is 0.174. The molecule has 6 nitrogen and oxygen atoms in total. The van der Waals surface area contributed by atoms with Crippen molar-refractivity contribution in [2.75, 3.05) is 33.5 Å². The van der Waals surface area contributed by atoms with Gasteiger partial charge in [-0.1, -0.05) is 0 Å². The van der Waals surface area contributed by atoms with Crippen LogP contribution in [0.15, 0.2) is 24.3 Å². The van der Waals surface area contributed by atoms with Crippen molar-refractivity contribution >= 4 is 23.2 Å². The van der Waals surface area contributed by atoms with Crippen LogP contribution in [0, 0.1) is 0 Å². The predicted molar refractivity (Wildman–Crippen MR) is 90.9 cm³/mol. The third-order valence-corrected chi connectivity index (χ3v) is 3.66. The Morgan fingerprint density at radius 2 is 2.13 bits per heavy atom. The van der Waals surface area contributed by atoms with E-state index in [1.165, 1.54) is 0 Å². The van der Waals surface area contributed by atoms with Gasteiger partial charge in [0.25, 0.3) is 5.91 Å². The van der Waals surface area contributed by atoms with Crippen LogP contribution in [-0.2, 0) is 9.47 Å². The molecule has 0 saturated carbocycles. The number of carbonyl (C=O) groups is 1. The Kier molecular flexibility index (Phi) is 7.25. The first-order chi connectivity index (χ1) is 11.2. The topological polar surface area (TPSA) is 68.8 Å². The zero-order valence-corrected chi connectivity index (χ0v) is 14.0. The summed E-state index contributed by atoms with van der Waals surface area (Å²) in [5.41, 5.74) is 0.519. The second kappa shape index (κ2) is 9.44. The Bertz CT molecular complexity index is 515. The minimum atomic E-state index is -0.252. The summed E-state index contributed by atoms with van der Waals surface area (Å²) in [4.78, 5) is 12.1. The molecule has 126 valence electrons. The summed E-state index contributed by atoms with van der Waals surface area (Å²) in [7, 11) is 1.62. The summed E-state index contributed by atoms with van der Waals surface area (Å²) in [6.07, 6.45) is 2.27. The highest BCUT2D eigenvalue weighted by atomic mass is 32.1. The summed E-state index contributed by atoms with van der Waals surface area (Å²) in [6.45, 7) is 2.40. The fraction of sp³-hybridized carbons (Fsp3) is 0.500. The standard InChI is InChI=1S/C16H22N2O4S/c1-20-9-10-22-13-6-4-12(5-7-13)15(19)18-16(23)17-11-14-3-2-8-21-14/h4-7,14H,2-3,8-11H2,1H3,(H2,17,18,19,23). The van der Waals surface area contributed by atoms with E-state index in [9.17, 15) is 4.79 Å². The molecular formula is C16H22N2O4S. The van der Waals surface area contributed by atoms with Crippen LogP contribution in [0.25, 0.3) is 0 Å². The third kappa shape index (κ3) is 6.13. The molecule has 1 aliphatic heterocycles. The highest BCUT2D eigenvalue weighted by Gasteiger charge is 2.16. The van der Waals surface area contributed by atoms with Crippen molar-refractivity contribution in [3.05, 3.63) is 29.8 Å². The molecule has 0 radical (unpaired) electrons. The van der Waals surface area contributed by atoms with Gasteiger partial charge in [-0.3, -0.25) is 10.1 Å². The Balaban J connectivity index is 1.74. The molecule has 0 aromatic heterocycles. The van der Waals surface area contributed by atoms with E-state index >= 15 is 0 Å². The van der Waals surface area contributed by atoms with Gasteiger partial charge >= 0.3 is 0 Å². The SMILES string of the molecule is COCCOc1ccc(C(=O)NC(=S)NCC2CCCO2)cc1. The largest absolute Gasteiger partial charge is 0.491 e. The van der Waals surface area contributed by atoms with Crippen molar-refractivity contribution in [2.45, 2.75) is 18.9 Å². The zero-order chi connectivity index (χ0) is 16.5. The van der Waals surface area contributed by atoms with Crippen LogP contribution in [0.3, 0.4) is 0 Å². The van der Waals surface area contributed by atoms with Gasteiger partial charge in [-0.2, -0.15) is 0 Å². The number of rotatable bonds is 7. The van der Waals surface area contributed by atoms with Gasteiger partial charge in [-0.05, 0) is 49.3 Å². The molecule has 2 rings (SSSR count). The maximum atomic E-state index is 12.1. The lowest BCUT2D eigenvalue weighted by atomic mass is 10.2. The number of nitrogens with one attached hydrogen (secondary N) is 2. The van der Waals surface area contributed by atoms with Crippen LogP contribution in [0.2, 0.25) is 0 Å². The first-order valence-corrected chi connectivity index (χ1v) is 8.02. The molecule has 1 aliphatic rings.